The van der Waals surface area contributed by atoms with Crippen molar-refractivity contribution < 1.29 is 34.0 Å². The Bertz CT molecular complexity index is 1340. The second-order valence-electron chi connectivity index (χ2n) is 9.69. The first kappa shape index (κ1) is 32.2. The number of carbonyl (C=O) groups is 1. The maximum atomic E-state index is 13.5. The summed E-state index contributed by atoms with van der Waals surface area (Å²) < 4.78 is 17.3. The van der Waals surface area contributed by atoms with Crippen LogP contribution in [-0.4, -0.2) is 69.1 Å². The Hall–Kier alpha value is -2.71. The molecular weight excluding hydrogens is 674 g/mol. The van der Waals surface area contributed by atoms with E-state index in [9.17, 15) is 20.1 Å². The third kappa shape index (κ3) is 8.44. The largest absolute Gasteiger partial charge is 0.422 e. The van der Waals surface area contributed by atoms with Crippen molar-refractivity contribution in [3.05, 3.63) is 105 Å². The van der Waals surface area contributed by atoms with Crippen molar-refractivity contribution in [3.63, 3.8) is 0 Å². The van der Waals surface area contributed by atoms with Crippen LogP contribution in [0.15, 0.2) is 81.1 Å². The van der Waals surface area contributed by atoms with Gasteiger partial charge in [0.2, 0.25) is 11.8 Å². The number of fused-ring (bicyclic) bond motifs is 1. The van der Waals surface area contributed by atoms with Gasteiger partial charge in [-0.2, -0.15) is 0 Å². The van der Waals surface area contributed by atoms with Gasteiger partial charge in [-0.1, -0.05) is 98.6 Å². The quantitative estimate of drug-likeness (QED) is 0.186. The first-order valence-electron chi connectivity index (χ1n) is 13.4. The third-order valence-electron chi connectivity index (χ3n) is 6.85. The first-order valence-corrected chi connectivity index (χ1v) is 15.3. The molecule has 0 fully saturated rings. The van der Waals surface area contributed by atoms with Crippen LogP contribution in [0.5, 0.6) is 0 Å². The average Bonchev–Trinajstić information content (AvgIpc) is 3.60. The Morgan fingerprint density at radius 3 is 2.40 bits per heavy atom. The molecule has 2 aromatic carbocycles. The van der Waals surface area contributed by atoms with E-state index in [1.54, 1.807) is 22.1 Å². The van der Waals surface area contributed by atoms with E-state index in [-0.39, 0.29) is 19.1 Å². The summed E-state index contributed by atoms with van der Waals surface area (Å²) in [6, 6.07) is 16.5. The summed E-state index contributed by atoms with van der Waals surface area (Å²) >= 11 is 6.33. The molecule has 10 nitrogen and oxygen atoms in total. The molecule has 0 unspecified atom stereocenters. The van der Waals surface area contributed by atoms with Gasteiger partial charge in [-0.3, -0.25) is 4.79 Å². The van der Waals surface area contributed by atoms with E-state index in [2.05, 4.69) is 47.4 Å². The number of aliphatic hydroxyl groups is 3. The summed E-state index contributed by atoms with van der Waals surface area (Å²) in [5.41, 5.74) is 2.80. The Labute approximate surface area is 260 Å². The van der Waals surface area contributed by atoms with Gasteiger partial charge in [0.15, 0.2) is 12.2 Å². The smallest absolute Gasteiger partial charge is 0.252 e. The second kappa shape index (κ2) is 16.2. The highest BCUT2D eigenvalue weighted by Crippen LogP contribution is 2.32. The number of halogens is 2. The van der Waals surface area contributed by atoms with Crippen molar-refractivity contribution in [3.8, 4) is 0 Å². The summed E-state index contributed by atoms with van der Waals surface area (Å²) in [6.45, 7) is -0.00448. The molecule has 1 aliphatic carbocycles. The monoisotopic (exact) mass is 705 g/mol. The maximum Gasteiger partial charge on any atom is 0.252 e. The summed E-state index contributed by atoms with van der Waals surface area (Å²) in [4.78, 5) is 16.6. The average molecular weight is 707 g/mol. The number of aryl methyl sites for hydroxylation is 2. The van der Waals surface area contributed by atoms with E-state index in [0.29, 0.717) is 25.2 Å². The van der Waals surface area contributed by atoms with Gasteiger partial charge in [0, 0.05) is 12.8 Å². The van der Waals surface area contributed by atoms with Crippen LogP contribution >= 0.6 is 31.9 Å². The number of benzene rings is 2. The predicted octanol–water partition coefficient (Wildman–Crippen LogP) is 3.61. The van der Waals surface area contributed by atoms with E-state index >= 15 is 0 Å². The molecule has 0 aliphatic heterocycles. The molecule has 3 aromatic rings. The number of amides is 1. The highest BCUT2D eigenvalue weighted by Gasteiger charge is 2.42. The zero-order chi connectivity index (χ0) is 29.9. The van der Waals surface area contributed by atoms with Gasteiger partial charge in [-0.25, -0.2) is 0 Å². The number of ether oxygens (including phenoxy) is 2. The van der Waals surface area contributed by atoms with Gasteiger partial charge in [-0.05, 0) is 33.1 Å². The predicted molar refractivity (Wildman–Crippen MR) is 162 cm³/mol. The van der Waals surface area contributed by atoms with Gasteiger partial charge < -0.3 is 34.5 Å². The van der Waals surface area contributed by atoms with E-state index in [0.717, 1.165) is 16.7 Å². The number of nitrogens with one attached hydrogen (secondary N) is 1. The van der Waals surface area contributed by atoms with E-state index in [4.69, 9.17) is 13.9 Å². The Kier molecular flexibility index (Phi) is 12.4. The fourth-order valence-electron chi connectivity index (χ4n) is 4.76. The van der Waals surface area contributed by atoms with Crippen LogP contribution in [0.25, 0.3) is 0 Å². The van der Waals surface area contributed by atoms with Crippen LogP contribution in [0.4, 0.5) is 0 Å². The zero-order valence-corrected chi connectivity index (χ0v) is 25.8. The lowest BCUT2D eigenvalue weighted by atomic mass is 10.0. The van der Waals surface area contributed by atoms with Crippen molar-refractivity contribution >= 4 is 37.8 Å². The molecule has 4 N–H and O–H groups in total. The standard InChI is InChI=1S/C30H33Br2N3O7/c31-14-6-16-40-27(29(39)33-24-21-11-5-4-10-20(21)18-22(24)36)25(37)26(38)28(41-17-7-15-32)30-35-34-23(42-30)13-12-19-8-2-1-3-9-19/h1-11,14-15,22,24-28,36-38H,12-13,16-18H2,(H,33,39)/b14-6+,15-7+/t22-,24+,25-,26-,27-,28-/m1/s1. The van der Waals surface area contributed by atoms with Crippen LogP contribution in [0.1, 0.15) is 40.6 Å². The number of aliphatic hydroxyl groups excluding tert-OH is 3. The zero-order valence-electron chi connectivity index (χ0n) is 22.6. The van der Waals surface area contributed by atoms with Gasteiger partial charge >= 0.3 is 0 Å². The second-order valence-corrected chi connectivity index (χ2v) is 10.7. The number of hydrogen-bond acceptors (Lipinski definition) is 9. The molecule has 0 saturated carbocycles. The molecule has 4 rings (SSSR count). The molecule has 224 valence electrons. The van der Waals surface area contributed by atoms with Crippen molar-refractivity contribution in [1.82, 2.24) is 15.5 Å². The van der Waals surface area contributed by atoms with Crippen molar-refractivity contribution in [2.45, 2.75) is 55.8 Å². The van der Waals surface area contributed by atoms with E-state index in [1.165, 1.54) is 0 Å². The molecule has 0 saturated heterocycles. The summed E-state index contributed by atoms with van der Waals surface area (Å²) in [5.74, 6) is -0.423. The third-order valence-corrected chi connectivity index (χ3v) is 7.60. The number of rotatable bonds is 15. The Morgan fingerprint density at radius 2 is 1.67 bits per heavy atom. The maximum absolute atomic E-state index is 13.5. The normalized spacial score (nSPS) is 19.5. The SMILES string of the molecule is O=C(N[C@H]1c2ccccc2C[C@H]1O)[C@H](OC/C=C/Br)[C@H](O)[C@@H](O)[C@@H](OC/C=C/Br)c1nnc(CCc2ccccc2)o1. The van der Waals surface area contributed by atoms with Crippen LogP contribution in [0.2, 0.25) is 0 Å². The highest BCUT2D eigenvalue weighted by atomic mass is 79.9. The molecule has 1 heterocycles. The molecule has 42 heavy (non-hydrogen) atoms. The lowest BCUT2D eigenvalue weighted by Gasteiger charge is -2.30. The Morgan fingerprint density at radius 1 is 0.976 bits per heavy atom. The van der Waals surface area contributed by atoms with Gasteiger partial charge in [0.1, 0.15) is 12.2 Å². The highest BCUT2D eigenvalue weighted by molar-refractivity contribution is 9.11. The number of aromatic nitrogens is 2. The topological polar surface area (TPSA) is 147 Å². The number of carbonyl (C=O) groups excluding carboxylic acids is 1. The molecule has 6 atom stereocenters. The fourth-order valence-corrected chi connectivity index (χ4v) is 5.06. The minimum atomic E-state index is -1.76. The first-order chi connectivity index (χ1) is 20.4. The number of nitrogens with zero attached hydrogens (tertiary/aromatic N) is 2. The molecule has 0 spiro atoms. The van der Waals surface area contributed by atoms with Gasteiger partial charge in [-0.15, -0.1) is 10.2 Å². The Balaban J connectivity index is 1.52. The molecule has 0 radical (unpaired) electrons. The van der Waals surface area contributed by atoms with Gasteiger partial charge in [0.05, 0.1) is 25.4 Å². The van der Waals surface area contributed by atoms with Crippen LogP contribution < -0.4 is 5.32 Å². The van der Waals surface area contributed by atoms with Crippen molar-refractivity contribution in [1.29, 1.82) is 0 Å². The summed E-state index contributed by atoms with van der Waals surface area (Å²) in [5, 5.41) is 44.2. The van der Waals surface area contributed by atoms with E-state index in [1.807, 2.05) is 54.6 Å². The molecule has 12 heteroatoms. The van der Waals surface area contributed by atoms with Crippen LogP contribution in [-0.2, 0) is 33.5 Å². The van der Waals surface area contributed by atoms with E-state index < -0.39 is 42.5 Å². The van der Waals surface area contributed by atoms with Crippen LogP contribution in [0.3, 0.4) is 0 Å². The minimum absolute atomic E-state index is 0.0382. The number of hydrogen-bond donors (Lipinski definition) is 4. The van der Waals surface area contributed by atoms with Crippen LogP contribution in [0, 0.1) is 0 Å². The lowest BCUT2D eigenvalue weighted by Crippen LogP contribution is -2.52. The molecule has 0 bridgehead atoms. The minimum Gasteiger partial charge on any atom is -0.422 e. The fraction of sp³-hybridized carbons (Fsp3) is 0.367. The molecule has 1 aliphatic rings. The molecular formula is C30H33Br2N3O7. The molecule has 1 aromatic heterocycles. The van der Waals surface area contributed by atoms with Gasteiger partial charge in [0.25, 0.3) is 5.91 Å². The summed E-state index contributed by atoms with van der Waals surface area (Å²) in [6.07, 6.45) is -2.38. The molecule has 1 amide bonds. The van der Waals surface area contributed by atoms with Crippen molar-refractivity contribution in [2.24, 2.45) is 0 Å². The lowest BCUT2D eigenvalue weighted by molar-refractivity contribution is -0.161. The van der Waals surface area contributed by atoms with Crippen molar-refractivity contribution in [2.75, 3.05) is 13.2 Å². The summed E-state index contributed by atoms with van der Waals surface area (Å²) in [7, 11) is 0.